The Labute approximate surface area is 56.9 Å². The van der Waals surface area contributed by atoms with Gasteiger partial charge in [0.15, 0.2) is 0 Å². The predicted octanol–water partition coefficient (Wildman–Crippen LogP) is 1.19. The van der Waals surface area contributed by atoms with Gasteiger partial charge in [-0.25, -0.2) is 0 Å². The van der Waals surface area contributed by atoms with E-state index in [4.69, 9.17) is 7.10 Å². The average Bonchev–Trinajstić information content (AvgIpc) is 1.94. The van der Waals surface area contributed by atoms with E-state index in [-0.39, 0.29) is 0 Å². The van der Waals surface area contributed by atoms with Gasteiger partial charge in [0, 0.05) is 0 Å². The minimum Gasteiger partial charge on any atom is -0.330 e. The van der Waals surface area contributed by atoms with Crippen LogP contribution in [0.15, 0.2) is 30.3 Å². The van der Waals surface area contributed by atoms with Crippen LogP contribution in [0.2, 0.25) is 0 Å². The van der Waals surface area contributed by atoms with E-state index in [0.717, 1.165) is 12.0 Å². The second-order valence-corrected chi connectivity index (χ2v) is 1.93. The molecule has 1 nitrogen and oxygen atoms in total. The molecule has 1 rings (SSSR count). The molecule has 0 saturated heterocycles. The van der Waals surface area contributed by atoms with Gasteiger partial charge >= 0.3 is 0 Å². The topological polar surface area (TPSA) is 26.0 Å². The molecule has 0 saturated carbocycles. The highest BCUT2D eigenvalue weighted by atomic mass is 14.5. The van der Waals surface area contributed by atoms with Crippen LogP contribution in [0.1, 0.15) is 6.93 Å². The monoisotopic (exact) mass is 122 g/mol. The molecule has 0 radical (unpaired) electrons. The van der Waals surface area contributed by atoms with Crippen molar-refractivity contribution in [3.63, 3.8) is 0 Å². The molecule has 0 fully saturated rings. The van der Waals surface area contributed by atoms with Gasteiger partial charge in [-0.1, -0.05) is 30.3 Å². The molecule has 0 bridgehead atoms. The van der Waals surface area contributed by atoms with E-state index >= 15 is 0 Å². The molecule has 0 amide bonds. The Morgan fingerprint density at radius 1 is 1.44 bits per heavy atom. The molecule has 0 aliphatic heterocycles. The summed E-state index contributed by atoms with van der Waals surface area (Å²) in [4.78, 5) is 0. The number of hydrogen-bond acceptors (Lipinski definition) is 1. The minimum absolute atomic E-state index is 0.591. The zero-order valence-corrected chi connectivity index (χ0v) is 5.30. The molecular formula is C8H11N. The maximum absolute atomic E-state index is 7.42. The third kappa shape index (κ3) is 1.86. The van der Waals surface area contributed by atoms with E-state index in [1.807, 2.05) is 18.2 Å². The summed E-state index contributed by atoms with van der Waals surface area (Å²) in [6.45, 7) is 0.621. The SMILES string of the molecule is [2H]c1ccccc1CCN. The molecule has 0 aliphatic carbocycles. The van der Waals surface area contributed by atoms with Crippen LogP contribution in [0.5, 0.6) is 0 Å². The maximum atomic E-state index is 7.42. The van der Waals surface area contributed by atoms with E-state index < -0.39 is 0 Å². The lowest BCUT2D eigenvalue weighted by Gasteiger charge is -1.93. The van der Waals surface area contributed by atoms with E-state index in [1.165, 1.54) is 0 Å². The van der Waals surface area contributed by atoms with Crippen LogP contribution in [0, 0.1) is 0 Å². The molecule has 0 aliphatic rings. The summed E-state index contributed by atoms with van der Waals surface area (Å²) in [7, 11) is 0. The van der Waals surface area contributed by atoms with Crippen LogP contribution in [-0.4, -0.2) is 6.54 Å². The summed E-state index contributed by atoms with van der Waals surface area (Å²) in [6, 6.07) is 8.11. The fraction of sp³-hybridized carbons (Fsp3) is 0.250. The summed E-state index contributed by atoms with van der Waals surface area (Å²) in [6.07, 6.45) is 0.805. The van der Waals surface area contributed by atoms with E-state index in [9.17, 15) is 0 Å². The largest absolute Gasteiger partial charge is 0.330 e. The zero-order valence-electron chi connectivity index (χ0n) is 6.30. The summed E-state index contributed by atoms with van der Waals surface area (Å²) in [5.41, 5.74) is 6.38. The van der Waals surface area contributed by atoms with Gasteiger partial charge in [-0.2, -0.15) is 0 Å². The summed E-state index contributed by atoms with van der Waals surface area (Å²) in [5, 5.41) is 0. The molecule has 1 aromatic rings. The highest BCUT2D eigenvalue weighted by Crippen LogP contribution is 1.96. The molecule has 0 spiro atoms. The van der Waals surface area contributed by atoms with Gasteiger partial charge in [-0.15, -0.1) is 0 Å². The van der Waals surface area contributed by atoms with Crippen LogP contribution in [0.3, 0.4) is 0 Å². The molecule has 1 heteroatoms. The van der Waals surface area contributed by atoms with E-state index in [2.05, 4.69) is 0 Å². The molecule has 2 N–H and O–H groups in total. The first-order valence-electron chi connectivity index (χ1n) is 3.59. The van der Waals surface area contributed by atoms with Crippen molar-refractivity contribution in [1.29, 1.82) is 0 Å². The van der Waals surface area contributed by atoms with Crippen LogP contribution >= 0.6 is 0 Å². The van der Waals surface area contributed by atoms with Gasteiger partial charge < -0.3 is 5.73 Å². The van der Waals surface area contributed by atoms with Crippen molar-refractivity contribution in [3.8, 4) is 0 Å². The molecule has 9 heavy (non-hydrogen) atoms. The summed E-state index contributed by atoms with van der Waals surface area (Å²) < 4.78 is 7.42. The lowest BCUT2D eigenvalue weighted by molar-refractivity contribution is 0.969. The molecular weight excluding hydrogens is 110 g/mol. The molecule has 0 unspecified atom stereocenters. The normalized spacial score (nSPS) is 11.0. The fourth-order valence-corrected chi connectivity index (χ4v) is 0.742. The van der Waals surface area contributed by atoms with Gasteiger partial charge in [0.1, 0.15) is 0 Å². The van der Waals surface area contributed by atoms with Crippen LogP contribution in [0.4, 0.5) is 0 Å². The Bertz CT molecular complexity index is 210. The minimum atomic E-state index is 0.591. The van der Waals surface area contributed by atoms with E-state index in [1.54, 1.807) is 6.07 Å². The van der Waals surface area contributed by atoms with Gasteiger partial charge in [-0.3, -0.25) is 0 Å². The second kappa shape index (κ2) is 3.25. The molecule has 0 heterocycles. The fourth-order valence-electron chi connectivity index (χ4n) is 0.742. The summed E-state index contributed by atoms with van der Waals surface area (Å²) in [5.74, 6) is 0. The third-order valence-electron chi connectivity index (χ3n) is 1.19. The lowest BCUT2D eigenvalue weighted by Crippen LogP contribution is -2.01. The molecule has 1 aromatic carbocycles. The molecule has 0 atom stereocenters. The van der Waals surface area contributed by atoms with Crippen molar-refractivity contribution >= 4 is 0 Å². The first-order valence-corrected chi connectivity index (χ1v) is 3.09. The zero-order chi connectivity index (χ0) is 7.40. The second-order valence-electron chi connectivity index (χ2n) is 1.93. The number of benzene rings is 1. The van der Waals surface area contributed by atoms with Crippen molar-refractivity contribution < 1.29 is 1.37 Å². The highest BCUT2D eigenvalue weighted by Gasteiger charge is 1.84. The Hall–Kier alpha value is -0.820. The summed E-state index contributed by atoms with van der Waals surface area (Å²) >= 11 is 0. The maximum Gasteiger partial charge on any atom is 0.0626 e. The number of hydrogen-bond donors (Lipinski definition) is 1. The Balaban J connectivity index is 2.81. The van der Waals surface area contributed by atoms with E-state index in [0.29, 0.717) is 12.6 Å². The Morgan fingerprint density at radius 3 is 3.00 bits per heavy atom. The van der Waals surface area contributed by atoms with Crippen molar-refractivity contribution in [2.24, 2.45) is 5.73 Å². The standard InChI is InChI=1S/C8H11N/c9-7-6-8-4-2-1-3-5-8/h1-5H,6-7,9H2/i4D. The van der Waals surface area contributed by atoms with Crippen LogP contribution in [-0.2, 0) is 6.42 Å². The van der Waals surface area contributed by atoms with Gasteiger partial charge in [0.2, 0.25) is 0 Å². The molecule has 48 valence electrons. The van der Waals surface area contributed by atoms with Crippen LogP contribution in [0.25, 0.3) is 0 Å². The Kier molecular flexibility index (Phi) is 1.81. The number of rotatable bonds is 2. The predicted molar refractivity (Wildman–Crippen MR) is 39.2 cm³/mol. The number of nitrogens with two attached hydrogens (primary N) is 1. The lowest BCUT2D eigenvalue weighted by atomic mass is 10.2. The average molecular weight is 122 g/mol. The first-order chi connectivity index (χ1) is 4.84. The quantitative estimate of drug-likeness (QED) is 0.626. The van der Waals surface area contributed by atoms with Crippen molar-refractivity contribution in [2.75, 3.05) is 6.54 Å². The van der Waals surface area contributed by atoms with Crippen molar-refractivity contribution in [1.82, 2.24) is 0 Å². The van der Waals surface area contributed by atoms with Gasteiger partial charge in [0.25, 0.3) is 0 Å². The first kappa shape index (κ1) is 5.00. The third-order valence-corrected chi connectivity index (χ3v) is 1.19. The van der Waals surface area contributed by atoms with Crippen molar-refractivity contribution in [2.45, 2.75) is 6.42 Å². The van der Waals surface area contributed by atoms with Gasteiger partial charge in [0.05, 0.1) is 1.37 Å². The Morgan fingerprint density at radius 2 is 2.33 bits per heavy atom. The smallest absolute Gasteiger partial charge is 0.0626 e. The van der Waals surface area contributed by atoms with Crippen LogP contribution < -0.4 is 5.73 Å². The highest BCUT2D eigenvalue weighted by molar-refractivity contribution is 5.14. The van der Waals surface area contributed by atoms with Crippen molar-refractivity contribution in [3.05, 3.63) is 35.9 Å². The van der Waals surface area contributed by atoms with Gasteiger partial charge in [-0.05, 0) is 18.5 Å². The molecule has 0 aromatic heterocycles.